The molecule has 1 heteroatoms. The van der Waals surface area contributed by atoms with Crippen molar-refractivity contribution in [1.82, 2.24) is 0 Å². The van der Waals surface area contributed by atoms with Crippen LogP contribution in [0.25, 0.3) is 0 Å². The van der Waals surface area contributed by atoms with Crippen molar-refractivity contribution in [3.63, 3.8) is 0 Å². The molecule has 0 aliphatic heterocycles. The smallest absolute Gasteiger partial charge is 0.0721 e. The van der Waals surface area contributed by atoms with Crippen LogP contribution in [0.5, 0.6) is 0 Å². The van der Waals surface area contributed by atoms with Gasteiger partial charge in [0, 0.05) is 0 Å². The molecule has 1 rings (SSSR count). The summed E-state index contributed by atoms with van der Waals surface area (Å²) in [6.07, 6.45) is 1.75. The number of rotatable bonds is 4. The highest BCUT2D eigenvalue weighted by Gasteiger charge is 1.87. The molecule has 1 aromatic rings. The zero-order chi connectivity index (χ0) is 7.94. The van der Waals surface area contributed by atoms with Crippen molar-refractivity contribution in [1.29, 1.82) is 0 Å². The van der Waals surface area contributed by atoms with Crippen molar-refractivity contribution < 1.29 is 4.74 Å². The predicted octanol–water partition coefficient (Wildman–Crippen LogP) is 2.39. The molecule has 0 aliphatic rings. The molecule has 0 atom stereocenters. The lowest BCUT2D eigenvalue weighted by atomic mass is 10.2. The quantitative estimate of drug-likeness (QED) is 0.470. The van der Waals surface area contributed by atoms with Gasteiger partial charge in [0.05, 0.1) is 13.2 Å². The number of hydrogen-bond donors (Lipinski definition) is 0. The molecular weight excluding hydrogens is 136 g/mol. The third-order valence-corrected chi connectivity index (χ3v) is 1.35. The van der Waals surface area contributed by atoms with Gasteiger partial charge in [-0.25, -0.2) is 0 Å². The lowest BCUT2D eigenvalue weighted by Gasteiger charge is -1.99. The van der Waals surface area contributed by atoms with Crippen LogP contribution in [0.4, 0.5) is 0 Å². The lowest BCUT2D eigenvalue weighted by molar-refractivity contribution is 0.149. The maximum Gasteiger partial charge on any atom is 0.0721 e. The lowest BCUT2D eigenvalue weighted by Crippen LogP contribution is -1.91. The molecule has 0 unspecified atom stereocenters. The third kappa shape index (κ3) is 3.01. The summed E-state index contributed by atoms with van der Waals surface area (Å²) in [7, 11) is 0. The van der Waals surface area contributed by atoms with Gasteiger partial charge in [-0.05, 0) is 5.56 Å². The number of hydrogen-bond acceptors (Lipinski definition) is 1. The highest BCUT2D eigenvalue weighted by Crippen LogP contribution is 1.99. The first-order valence-corrected chi connectivity index (χ1v) is 3.66. The van der Waals surface area contributed by atoms with Gasteiger partial charge in [-0.1, -0.05) is 36.4 Å². The van der Waals surface area contributed by atoms with E-state index in [9.17, 15) is 0 Å². The van der Waals surface area contributed by atoms with Crippen LogP contribution in [-0.4, -0.2) is 6.61 Å². The summed E-state index contributed by atoms with van der Waals surface area (Å²) < 4.78 is 5.25. The Morgan fingerprint density at radius 3 is 2.64 bits per heavy atom. The topological polar surface area (TPSA) is 9.23 Å². The molecule has 0 saturated heterocycles. The molecule has 1 nitrogen and oxygen atoms in total. The molecule has 11 heavy (non-hydrogen) atoms. The molecule has 58 valence electrons. The fourth-order valence-electron chi connectivity index (χ4n) is 0.834. The van der Waals surface area contributed by atoms with Crippen LogP contribution < -0.4 is 0 Å². The van der Waals surface area contributed by atoms with E-state index in [0.29, 0.717) is 13.2 Å². The maximum absolute atomic E-state index is 5.25. The average molecular weight is 148 g/mol. The van der Waals surface area contributed by atoms with Crippen LogP contribution in [0.15, 0.2) is 43.0 Å². The molecule has 0 fully saturated rings. The molecule has 0 saturated carbocycles. The summed E-state index contributed by atoms with van der Waals surface area (Å²) in [5.74, 6) is 0. The first-order chi connectivity index (χ1) is 5.43. The Bertz CT molecular complexity index is 203. The normalized spacial score (nSPS) is 9.45. The number of benzene rings is 1. The van der Waals surface area contributed by atoms with E-state index in [1.165, 1.54) is 5.56 Å². The minimum absolute atomic E-state index is 0.620. The van der Waals surface area contributed by atoms with E-state index < -0.39 is 0 Å². The first-order valence-electron chi connectivity index (χ1n) is 3.66. The molecule has 0 bridgehead atoms. The SMILES string of the molecule is C=CCOC[12c]1ccccc1. The minimum Gasteiger partial charge on any atom is -0.373 e. The molecule has 0 aliphatic carbocycles. The van der Waals surface area contributed by atoms with Crippen molar-refractivity contribution in [2.45, 2.75) is 6.61 Å². The molecule has 1 aromatic carbocycles. The summed E-state index contributed by atoms with van der Waals surface area (Å²) in [5, 5.41) is 0. The first kappa shape index (κ1) is 8.02. The molecular formula is C10H12O. The fraction of sp³-hybridized carbons (Fsp3) is 0.200. The maximum atomic E-state index is 5.25. The van der Waals surface area contributed by atoms with Crippen molar-refractivity contribution >= 4 is 0 Å². The molecule has 0 radical (unpaired) electrons. The van der Waals surface area contributed by atoms with Crippen LogP contribution >= 0.6 is 0 Å². The van der Waals surface area contributed by atoms with Gasteiger partial charge < -0.3 is 4.74 Å². The molecule has 0 amide bonds. The van der Waals surface area contributed by atoms with Gasteiger partial charge in [0.25, 0.3) is 0 Å². The Morgan fingerprint density at radius 2 is 2.00 bits per heavy atom. The van der Waals surface area contributed by atoms with E-state index in [0.717, 1.165) is 0 Å². The average Bonchev–Trinajstić information content (AvgIpc) is 2.07. The van der Waals surface area contributed by atoms with Gasteiger partial charge >= 0.3 is 0 Å². The Balaban J connectivity index is 2.33. The zero-order valence-corrected chi connectivity index (χ0v) is 6.49. The van der Waals surface area contributed by atoms with E-state index in [-0.39, 0.29) is 0 Å². The van der Waals surface area contributed by atoms with Crippen LogP contribution in [0.1, 0.15) is 5.56 Å². The highest BCUT2D eigenvalue weighted by molar-refractivity contribution is 5.13. The Hall–Kier alpha value is -1.08. The van der Waals surface area contributed by atoms with Crippen LogP contribution in [-0.2, 0) is 11.3 Å². The largest absolute Gasteiger partial charge is 0.373 e. The van der Waals surface area contributed by atoms with Crippen LogP contribution in [0.3, 0.4) is 0 Å². The van der Waals surface area contributed by atoms with Crippen LogP contribution in [0, 0.1) is 0 Å². The Labute approximate surface area is 67.3 Å². The standard InChI is InChI=1S/C10H12O/c1-2-8-11-9-10-6-4-3-5-7-10/h2-7H,1,8-9H2/i10+0. The van der Waals surface area contributed by atoms with E-state index in [1.807, 2.05) is 30.3 Å². The molecule has 0 spiro atoms. The Morgan fingerprint density at radius 1 is 1.27 bits per heavy atom. The second kappa shape index (κ2) is 4.69. The zero-order valence-electron chi connectivity index (χ0n) is 6.49. The van der Waals surface area contributed by atoms with Crippen molar-refractivity contribution in [3.05, 3.63) is 48.6 Å². The van der Waals surface area contributed by atoms with Crippen molar-refractivity contribution in [3.8, 4) is 0 Å². The van der Waals surface area contributed by atoms with E-state index in [2.05, 4.69) is 6.58 Å². The minimum atomic E-state index is 0.620. The molecule has 0 N–H and O–H groups in total. The monoisotopic (exact) mass is 148 g/mol. The second-order valence-electron chi connectivity index (χ2n) is 2.29. The van der Waals surface area contributed by atoms with E-state index in [1.54, 1.807) is 6.08 Å². The fourth-order valence-corrected chi connectivity index (χ4v) is 0.834. The van der Waals surface area contributed by atoms with Crippen molar-refractivity contribution in [2.75, 3.05) is 6.61 Å². The summed E-state index contributed by atoms with van der Waals surface area (Å²) in [4.78, 5) is 0. The summed E-state index contributed by atoms with van der Waals surface area (Å²) in [6.45, 7) is 4.86. The number of ether oxygens (including phenoxy) is 1. The summed E-state index contributed by atoms with van der Waals surface area (Å²) in [5.41, 5.74) is 1.20. The second-order valence-corrected chi connectivity index (χ2v) is 2.29. The van der Waals surface area contributed by atoms with Gasteiger partial charge in [-0.3, -0.25) is 0 Å². The summed E-state index contributed by atoms with van der Waals surface area (Å²) >= 11 is 0. The molecule has 0 heterocycles. The molecule has 0 aromatic heterocycles. The van der Waals surface area contributed by atoms with E-state index >= 15 is 0 Å². The third-order valence-electron chi connectivity index (χ3n) is 1.35. The van der Waals surface area contributed by atoms with Crippen LogP contribution in [0.2, 0.25) is 0 Å². The summed E-state index contributed by atoms with van der Waals surface area (Å²) in [6, 6.07) is 10.1. The van der Waals surface area contributed by atoms with Gasteiger partial charge in [0.2, 0.25) is 0 Å². The van der Waals surface area contributed by atoms with Gasteiger partial charge in [0.15, 0.2) is 0 Å². The van der Waals surface area contributed by atoms with E-state index in [4.69, 9.17) is 4.74 Å². The van der Waals surface area contributed by atoms with Gasteiger partial charge in [-0.15, -0.1) is 6.58 Å². The van der Waals surface area contributed by atoms with Gasteiger partial charge in [-0.2, -0.15) is 0 Å². The Kier molecular flexibility index (Phi) is 3.42. The van der Waals surface area contributed by atoms with Crippen molar-refractivity contribution in [2.24, 2.45) is 0 Å². The highest BCUT2D eigenvalue weighted by atomic mass is 16.5. The predicted molar refractivity (Wildman–Crippen MR) is 46.3 cm³/mol. The van der Waals surface area contributed by atoms with Gasteiger partial charge in [0.1, 0.15) is 0 Å².